The number of hydrogen-bond acceptors (Lipinski definition) is 4. The lowest BCUT2D eigenvalue weighted by Gasteiger charge is -2.34. The summed E-state index contributed by atoms with van der Waals surface area (Å²) in [6.07, 6.45) is 3.88. The van der Waals surface area contributed by atoms with Gasteiger partial charge in [-0.3, -0.25) is 0 Å². The quantitative estimate of drug-likeness (QED) is 0.798. The Labute approximate surface area is 125 Å². The summed E-state index contributed by atoms with van der Waals surface area (Å²) in [6.45, 7) is 4.26. The molecule has 6 heteroatoms. The third kappa shape index (κ3) is 4.56. The third-order valence-electron chi connectivity index (χ3n) is 3.60. The molecular weight excluding hydrogens is 288 g/mol. The maximum Gasteiger partial charge on any atom is 0.238 e. The molecule has 1 fully saturated rings. The van der Waals surface area contributed by atoms with Gasteiger partial charge in [0.25, 0.3) is 0 Å². The Morgan fingerprint density at radius 3 is 2.76 bits per heavy atom. The van der Waals surface area contributed by atoms with Crippen molar-refractivity contribution in [2.24, 2.45) is 10.6 Å². The van der Waals surface area contributed by atoms with Gasteiger partial charge in [-0.2, -0.15) is 0 Å². The Hall–Kier alpha value is -1.37. The second-order valence-corrected chi connectivity index (χ2v) is 7.98. The minimum Gasteiger partial charge on any atom is -0.393 e. The average molecular weight is 310 g/mol. The number of nitrogens with one attached hydrogen (secondary N) is 1. The van der Waals surface area contributed by atoms with E-state index in [1.807, 2.05) is 6.20 Å². The molecule has 0 saturated heterocycles. The number of nitrogens with two attached hydrogens (primary N) is 1. The number of anilines is 1. The van der Waals surface area contributed by atoms with E-state index < -0.39 is 10.0 Å². The van der Waals surface area contributed by atoms with Gasteiger partial charge in [-0.15, -0.1) is 0 Å². The first-order chi connectivity index (χ1) is 9.66. The Balaban J connectivity index is 2.14. The molecule has 1 aliphatic rings. The van der Waals surface area contributed by atoms with Crippen LogP contribution in [-0.4, -0.2) is 19.6 Å². The average Bonchev–Trinajstić information content (AvgIpc) is 2.33. The Kier molecular flexibility index (Phi) is 4.41. The largest absolute Gasteiger partial charge is 0.393 e. The summed E-state index contributed by atoms with van der Waals surface area (Å²) in [5.41, 5.74) is 1.86. The van der Waals surface area contributed by atoms with Gasteiger partial charge in [0.2, 0.25) is 10.0 Å². The van der Waals surface area contributed by atoms with Gasteiger partial charge in [-0.05, 0) is 42.9 Å². The van der Waals surface area contributed by atoms with Crippen LogP contribution in [0, 0.1) is 5.41 Å². The van der Waals surface area contributed by atoms with Crippen molar-refractivity contribution in [1.82, 2.24) is 0 Å². The second-order valence-electron chi connectivity index (χ2n) is 6.42. The van der Waals surface area contributed by atoms with Gasteiger partial charge >= 0.3 is 0 Å². The van der Waals surface area contributed by atoms with Crippen molar-refractivity contribution in [3.63, 3.8) is 0 Å². The smallest absolute Gasteiger partial charge is 0.238 e. The highest BCUT2D eigenvalue weighted by atomic mass is 32.2. The van der Waals surface area contributed by atoms with Crippen molar-refractivity contribution in [3.8, 4) is 0 Å². The predicted molar refractivity (Wildman–Crippen MR) is 83.2 cm³/mol. The van der Waals surface area contributed by atoms with E-state index >= 15 is 0 Å². The first-order valence-electron chi connectivity index (χ1n) is 6.91. The molecule has 1 saturated carbocycles. The van der Waals surface area contributed by atoms with Crippen LogP contribution < -0.4 is 10.5 Å². The lowest BCUT2D eigenvalue weighted by molar-refractivity contribution is 0.0906. The van der Waals surface area contributed by atoms with E-state index in [1.54, 1.807) is 12.1 Å². The van der Waals surface area contributed by atoms with Gasteiger partial charge in [0.05, 0.1) is 11.0 Å². The number of benzene rings is 1. The summed E-state index contributed by atoms with van der Waals surface area (Å²) in [4.78, 5) is 0.0786. The van der Waals surface area contributed by atoms with E-state index in [-0.39, 0.29) is 16.4 Å². The van der Waals surface area contributed by atoms with Crippen molar-refractivity contribution in [1.29, 1.82) is 0 Å². The number of aliphatic hydroxyl groups excluding tert-OH is 1. The van der Waals surface area contributed by atoms with Gasteiger partial charge < -0.3 is 10.4 Å². The van der Waals surface area contributed by atoms with Gasteiger partial charge in [0.15, 0.2) is 0 Å². The highest BCUT2D eigenvalue weighted by Crippen LogP contribution is 2.38. The molecule has 1 aromatic carbocycles. The number of aliphatic hydroxyl groups is 1. The number of sulfonamides is 1. The van der Waals surface area contributed by atoms with Crippen LogP contribution in [0.2, 0.25) is 0 Å². The van der Waals surface area contributed by atoms with Crippen LogP contribution in [-0.2, 0) is 10.0 Å². The molecule has 1 unspecified atom stereocenters. The fourth-order valence-corrected chi connectivity index (χ4v) is 3.39. The summed E-state index contributed by atoms with van der Waals surface area (Å²) >= 11 is 0. The van der Waals surface area contributed by atoms with Crippen LogP contribution in [0.15, 0.2) is 40.9 Å². The molecule has 21 heavy (non-hydrogen) atoms. The molecule has 1 atom stereocenters. The Bertz CT molecular complexity index is 651. The maximum atomic E-state index is 11.3. The van der Waals surface area contributed by atoms with Gasteiger partial charge in [-0.25, -0.2) is 13.6 Å². The van der Waals surface area contributed by atoms with Crippen molar-refractivity contribution < 1.29 is 13.5 Å². The third-order valence-corrected chi connectivity index (χ3v) is 4.51. The topological polar surface area (TPSA) is 92.4 Å². The van der Waals surface area contributed by atoms with Crippen LogP contribution in [0.1, 0.15) is 33.1 Å². The van der Waals surface area contributed by atoms with E-state index in [2.05, 4.69) is 19.2 Å². The summed E-state index contributed by atoms with van der Waals surface area (Å²) in [5, 5.41) is 18.1. The number of primary sulfonamides is 1. The van der Waals surface area contributed by atoms with Gasteiger partial charge in [0, 0.05) is 11.9 Å². The predicted octanol–water partition coefficient (Wildman–Crippen LogP) is 2.20. The maximum absolute atomic E-state index is 11.3. The van der Waals surface area contributed by atoms with Crippen LogP contribution in [0.5, 0.6) is 0 Å². The Morgan fingerprint density at radius 1 is 1.43 bits per heavy atom. The van der Waals surface area contributed by atoms with E-state index in [9.17, 15) is 13.5 Å². The second kappa shape index (κ2) is 5.79. The monoisotopic (exact) mass is 310 g/mol. The molecule has 4 N–H and O–H groups in total. The minimum atomic E-state index is -3.70. The van der Waals surface area contributed by atoms with Crippen molar-refractivity contribution in [2.75, 3.05) is 5.32 Å². The van der Waals surface area contributed by atoms with Crippen LogP contribution in [0.4, 0.5) is 5.69 Å². The first kappa shape index (κ1) is 16.0. The molecule has 5 nitrogen and oxygen atoms in total. The number of hydrogen-bond donors (Lipinski definition) is 3. The van der Waals surface area contributed by atoms with Gasteiger partial charge in [-0.1, -0.05) is 25.5 Å². The molecule has 0 heterocycles. The molecule has 0 radical (unpaired) electrons. The molecule has 1 aliphatic carbocycles. The van der Waals surface area contributed by atoms with Crippen LogP contribution >= 0.6 is 0 Å². The molecule has 0 amide bonds. The van der Waals surface area contributed by atoms with E-state index in [0.29, 0.717) is 12.1 Å². The summed E-state index contributed by atoms with van der Waals surface area (Å²) < 4.78 is 22.6. The molecule has 0 bridgehead atoms. The lowest BCUT2D eigenvalue weighted by atomic mass is 9.74. The Morgan fingerprint density at radius 2 is 2.14 bits per heavy atom. The lowest BCUT2D eigenvalue weighted by Crippen LogP contribution is -2.27. The zero-order valence-corrected chi connectivity index (χ0v) is 13.2. The van der Waals surface area contributed by atoms with Gasteiger partial charge in [0.1, 0.15) is 0 Å². The number of rotatable bonds is 3. The van der Waals surface area contributed by atoms with Crippen molar-refractivity contribution >= 4 is 15.7 Å². The highest BCUT2D eigenvalue weighted by molar-refractivity contribution is 7.89. The molecule has 116 valence electrons. The van der Waals surface area contributed by atoms with Crippen molar-refractivity contribution in [3.05, 3.63) is 36.0 Å². The van der Waals surface area contributed by atoms with E-state index in [4.69, 9.17) is 5.14 Å². The zero-order valence-electron chi connectivity index (χ0n) is 12.3. The normalized spacial score (nSPS) is 24.0. The van der Waals surface area contributed by atoms with E-state index in [0.717, 1.165) is 18.4 Å². The van der Waals surface area contributed by atoms with E-state index in [1.165, 1.54) is 12.1 Å². The fourth-order valence-electron chi connectivity index (χ4n) is 2.83. The zero-order chi connectivity index (χ0) is 15.7. The molecule has 1 aromatic rings. The first-order valence-corrected chi connectivity index (χ1v) is 8.46. The van der Waals surface area contributed by atoms with Crippen molar-refractivity contribution in [2.45, 2.75) is 44.1 Å². The standard InChI is InChI=1S/C15H22N2O3S/c1-15(2)8-11(6-13(18)9-15)10-17-12-4-3-5-14(7-12)21(16,19)20/h3-5,7,10,13,17-18H,6,8-9H2,1-2H3,(H2,16,19,20)/b11-10-. The molecule has 2 rings (SSSR count). The highest BCUT2D eigenvalue weighted by Gasteiger charge is 2.29. The summed E-state index contributed by atoms with van der Waals surface area (Å²) in [6, 6.07) is 6.37. The SMILES string of the molecule is CC1(C)C/C(=C\Nc2cccc(S(N)(=O)=O)c2)CC(O)C1. The molecule has 0 aromatic heterocycles. The molecule has 0 spiro atoms. The summed E-state index contributed by atoms with van der Waals surface area (Å²) in [5.74, 6) is 0. The van der Waals surface area contributed by atoms with Crippen LogP contribution in [0.3, 0.4) is 0 Å². The molecular formula is C15H22N2O3S. The minimum absolute atomic E-state index is 0.0770. The fraction of sp³-hybridized carbons (Fsp3) is 0.467. The van der Waals surface area contributed by atoms with Crippen LogP contribution in [0.25, 0.3) is 0 Å². The molecule has 0 aliphatic heterocycles. The summed E-state index contributed by atoms with van der Waals surface area (Å²) in [7, 11) is -3.70.